The van der Waals surface area contributed by atoms with Crippen LogP contribution in [0.1, 0.15) is 17.0 Å². The molecule has 1 unspecified atom stereocenters. The van der Waals surface area contributed by atoms with Crippen LogP contribution in [0.15, 0.2) is 64.5 Å². The van der Waals surface area contributed by atoms with Crippen LogP contribution in [0, 0.1) is 11.3 Å². The molecule has 152 valence electrons. The van der Waals surface area contributed by atoms with E-state index < -0.39 is 0 Å². The number of fused-ring (bicyclic) bond motifs is 2. The molecule has 0 spiro atoms. The maximum absolute atomic E-state index is 10.1. The number of allylic oxidation sites excluding steroid dienone is 1. The molecule has 1 aliphatic rings. The molecule has 0 saturated heterocycles. The molecule has 4 rings (SSSR count). The molecule has 0 saturated carbocycles. The maximum Gasteiger partial charge on any atom is 0.210 e. The van der Waals surface area contributed by atoms with E-state index in [1.54, 1.807) is 14.2 Å². The summed E-state index contributed by atoms with van der Waals surface area (Å²) >= 11 is 3.59. The highest BCUT2D eigenvalue weighted by Crippen LogP contribution is 2.48. The molecule has 0 aromatic heterocycles. The number of ether oxygens (including phenoxy) is 3. The molecule has 0 amide bonds. The largest absolute Gasteiger partial charge is 0.493 e. The highest BCUT2D eigenvalue weighted by atomic mass is 79.9. The fourth-order valence-corrected chi connectivity index (χ4v) is 4.51. The summed E-state index contributed by atoms with van der Waals surface area (Å²) in [6, 6.07) is 18.5. The van der Waals surface area contributed by atoms with Crippen LogP contribution in [0.3, 0.4) is 0 Å². The average molecular weight is 465 g/mol. The van der Waals surface area contributed by atoms with E-state index in [0.717, 1.165) is 32.1 Å². The molecule has 6 heteroatoms. The van der Waals surface area contributed by atoms with Crippen LogP contribution in [-0.4, -0.2) is 33.2 Å². The van der Waals surface area contributed by atoms with Crippen LogP contribution in [-0.2, 0) is 0 Å². The van der Waals surface area contributed by atoms with Gasteiger partial charge in [0.2, 0.25) is 5.88 Å². The molecular weight excluding hydrogens is 444 g/mol. The minimum Gasteiger partial charge on any atom is -0.493 e. The Morgan fingerprint density at radius 3 is 2.33 bits per heavy atom. The van der Waals surface area contributed by atoms with Crippen molar-refractivity contribution in [2.45, 2.75) is 5.92 Å². The molecule has 30 heavy (non-hydrogen) atoms. The molecule has 5 nitrogen and oxygen atoms in total. The van der Waals surface area contributed by atoms with Gasteiger partial charge in [-0.2, -0.15) is 5.26 Å². The topological polar surface area (TPSA) is 54.7 Å². The second-order valence-corrected chi connectivity index (χ2v) is 8.09. The second-order valence-electron chi connectivity index (χ2n) is 7.24. The number of rotatable bonds is 4. The standard InChI is InChI=1S/C24H21BrN2O3/c1-27(2)24-18(13-26)22(16-10-19(25)23(29-4)21(12-16)28-3)17-9-14-7-5-6-8-15(14)11-20(17)30-24/h5-12,22H,1-4H3. The van der Waals surface area contributed by atoms with Crippen LogP contribution >= 0.6 is 15.9 Å². The van der Waals surface area contributed by atoms with E-state index in [4.69, 9.17) is 14.2 Å². The van der Waals surface area contributed by atoms with Gasteiger partial charge in [0, 0.05) is 19.7 Å². The number of nitrogens with zero attached hydrogens (tertiary/aromatic N) is 2. The van der Waals surface area contributed by atoms with Crippen LogP contribution in [0.25, 0.3) is 10.8 Å². The van der Waals surface area contributed by atoms with Crippen molar-refractivity contribution in [3.8, 4) is 23.3 Å². The molecule has 0 fully saturated rings. The lowest BCUT2D eigenvalue weighted by atomic mass is 9.82. The van der Waals surface area contributed by atoms with Crippen LogP contribution in [0.2, 0.25) is 0 Å². The highest BCUT2D eigenvalue weighted by Gasteiger charge is 2.34. The predicted octanol–water partition coefficient (Wildman–Crippen LogP) is 5.44. The van der Waals surface area contributed by atoms with E-state index in [1.165, 1.54) is 0 Å². The minimum atomic E-state index is -0.308. The Morgan fingerprint density at radius 1 is 1.03 bits per heavy atom. The van der Waals surface area contributed by atoms with Crippen molar-refractivity contribution < 1.29 is 14.2 Å². The first-order valence-electron chi connectivity index (χ1n) is 9.42. The zero-order chi connectivity index (χ0) is 21.4. The molecule has 1 aliphatic heterocycles. The van der Waals surface area contributed by atoms with E-state index >= 15 is 0 Å². The molecule has 1 atom stereocenters. The Kier molecular flexibility index (Phi) is 5.31. The first-order valence-corrected chi connectivity index (χ1v) is 10.2. The number of benzene rings is 3. The number of halogens is 1. The van der Waals surface area contributed by atoms with Gasteiger partial charge in [-0.3, -0.25) is 0 Å². The zero-order valence-corrected chi connectivity index (χ0v) is 18.8. The van der Waals surface area contributed by atoms with Gasteiger partial charge in [0.25, 0.3) is 0 Å². The minimum absolute atomic E-state index is 0.308. The normalized spacial score (nSPS) is 15.3. The molecule has 3 aromatic rings. The van der Waals surface area contributed by atoms with Gasteiger partial charge in [0.05, 0.1) is 24.6 Å². The van der Waals surface area contributed by atoms with Gasteiger partial charge >= 0.3 is 0 Å². The van der Waals surface area contributed by atoms with Gasteiger partial charge in [0.15, 0.2) is 11.5 Å². The predicted molar refractivity (Wildman–Crippen MR) is 120 cm³/mol. The molecular formula is C24H21BrN2O3. The second kappa shape index (κ2) is 7.92. The van der Waals surface area contributed by atoms with Gasteiger partial charge in [-0.25, -0.2) is 0 Å². The van der Waals surface area contributed by atoms with Crippen molar-refractivity contribution in [3.05, 3.63) is 75.6 Å². The number of hydrogen-bond acceptors (Lipinski definition) is 5. The summed E-state index contributed by atoms with van der Waals surface area (Å²) in [5.74, 6) is 2.18. The Bertz CT molecular complexity index is 1210. The van der Waals surface area contributed by atoms with Crippen molar-refractivity contribution in [3.63, 3.8) is 0 Å². The molecule has 0 radical (unpaired) electrons. The quantitative estimate of drug-likeness (QED) is 0.514. The van der Waals surface area contributed by atoms with Crippen molar-refractivity contribution in [1.29, 1.82) is 5.26 Å². The summed E-state index contributed by atoms with van der Waals surface area (Å²) in [5.41, 5.74) is 2.40. The van der Waals surface area contributed by atoms with Gasteiger partial charge in [-0.15, -0.1) is 0 Å². The number of nitriles is 1. The third-order valence-corrected chi connectivity index (χ3v) is 5.82. The van der Waals surface area contributed by atoms with Crippen LogP contribution in [0.4, 0.5) is 0 Å². The number of methoxy groups -OCH3 is 2. The first kappa shape index (κ1) is 20.1. The fourth-order valence-electron chi connectivity index (χ4n) is 3.88. The SMILES string of the molecule is COc1cc(C2C(C#N)=C(N(C)C)Oc3cc4ccccc4cc32)cc(Br)c1OC. The lowest BCUT2D eigenvalue weighted by Crippen LogP contribution is -2.25. The third kappa shape index (κ3) is 3.25. The van der Waals surface area contributed by atoms with Gasteiger partial charge in [-0.05, 0) is 56.5 Å². The van der Waals surface area contributed by atoms with Gasteiger partial charge in [-0.1, -0.05) is 24.3 Å². The molecule has 1 heterocycles. The molecule has 3 aromatic carbocycles. The zero-order valence-electron chi connectivity index (χ0n) is 17.2. The molecule has 0 bridgehead atoms. The van der Waals surface area contributed by atoms with E-state index in [-0.39, 0.29) is 5.92 Å². The van der Waals surface area contributed by atoms with Crippen LogP contribution < -0.4 is 14.2 Å². The van der Waals surface area contributed by atoms with E-state index in [1.807, 2.05) is 49.3 Å². The van der Waals surface area contributed by atoms with Crippen LogP contribution in [0.5, 0.6) is 17.2 Å². The monoisotopic (exact) mass is 464 g/mol. The van der Waals surface area contributed by atoms with E-state index in [2.05, 4.69) is 40.2 Å². The van der Waals surface area contributed by atoms with E-state index in [9.17, 15) is 5.26 Å². The Balaban J connectivity index is 2.02. The maximum atomic E-state index is 10.1. The van der Waals surface area contributed by atoms with Crippen molar-refractivity contribution >= 4 is 26.7 Å². The van der Waals surface area contributed by atoms with Gasteiger partial charge < -0.3 is 19.1 Å². The Labute approximate surface area is 184 Å². The summed E-state index contributed by atoms with van der Waals surface area (Å²) in [6.45, 7) is 0. The van der Waals surface area contributed by atoms with Crippen molar-refractivity contribution in [2.75, 3.05) is 28.3 Å². The Morgan fingerprint density at radius 2 is 1.73 bits per heavy atom. The van der Waals surface area contributed by atoms with Crippen molar-refractivity contribution in [1.82, 2.24) is 4.90 Å². The summed E-state index contributed by atoms with van der Waals surface area (Å²) in [6.07, 6.45) is 0. The summed E-state index contributed by atoms with van der Waals surface area (Å²) < 4.78 is 18.0. The molecule has 0 aliphatic carbocycles. The smallest absolute Gasteiger partial charge is 0.210 e. The third-order valence-electron chi connectivity index (χ3n) is 5.23. The average Bonchev–Trinajstić information content (AvgIpc) is 2.75. The number of hydrogen-bond donors (Lipinski definition) is 0. The lowest BCUT2D eigenvalue weighted by molar-refractivity contribution is 0.264. The summed E-state index contributed by atoms with van der Waals surface area (Å²) in [4.78, 5) is 1.83. The summed E-state index contributed by atoms with van der Waals surface area (Å²) in [7, 11) is 6.95. The fraction of sp³-hybridized carbons (Fsp3) is 0.208. The van der Waals surface area contributed by atoms with E-state index in [0.29, 0.717) is 23.0 Å². The molecule has 0 N–H and O–H groups in total. The first-order chi connectivity index (χ1) is 14.5. The highest BCUT2D eigenvalue weighted by molar-refractivity contribution is 9.10. The van der Waals surface area contributed by atoms with Gasteiger partial charge in [0.1, 0.15) is 17.4 Å². The van der Waals surface area contributed by atoms with Crippen molar-refractivity contribution in [2.24, 2.45) is 0 Å². The Hall–Kier alpha value is -3.17. The lowest BCUT2D eigenvalue weighted by Gasteiger charge is -2.31. The summed E-state index contributed by atoms with van der Waals surface area (Å²) in [5, 5.41) is 12.3.